The van der Waals surface area contributed by atoms with Crippen LogP contribution in [0.4, 0.5) is 18.9 Å². The zero-order valence-electron chi connectivity index (χ0n) is 8.39. The molecule has 0 aliphatic carbocycles. The minimum Gasteiger partial charge on any atom is -0.398 e. The number of anilines is 1. The highest BCUT2D eigenvalue weighted by Crippen LogP contribution is 2.31. The van der Waals surface area contributed by atoms with Gasteiger partial charge < -0.3 is 5.73 Å². The third kappa shape index (κ3) is 3.56. The summed E-state index contributed by atoms with van der Waals surface area (Å²) in [6.07, 6.45) is 0.0388. The quantitative estimate of drug-likeness (QED) is 0.659. The summed E-state index contributed by atoms with van der Waals surface area (Å²) in [5, 5.41) is 0.810. The summed E-state index contributed by atoms with van der Waals surface area (Å²) in [4.78, 5) is 0. The average Bonchev–Trinajstić information content (AvgIpc) is 2.19. The van der Waals surface area contributed by atoms with Crippen LogP contribution in [0.2, 0.25) is 0 Å². The van der Waals surface area contributed by atoms with Gasteiger partial charge in [-0.2, -0.15) is 13.2 Å². The van der Waals surface area contributed by atoms with Gasteiger partial charge in [-0.05, 0) is 24.1 Å². The second-order valence-electron chi connectivity index (χ2n) is 3.22. The molecule has 0 unspecified atom stereocenters. The van der Waals surface area contributed by atoms with Crippen molar-refractivity contribution in [3.63, 3.8) is 0 Å². The topological polar surface area (TPSA) is 26.0 Å². The number of nitrogen functional groups attached to an aromatic ring is 1. The lowest BCUT2D eigenvalue weighted by Crippen LogP contribution is -2.05. The molecule has 1 aromatic carbocycles. The highest BCUT2D eigenvalue weighted by molar-refractivity contribution is 9.09. The molecule has 0 saturated heterocycles. The maximum absolute atomic E-state index is 12.3. The van der Waals surface area contributed by atoms with Crippen LogP contribution in [-0.4, -0.2) is 5.33 Å². The number of benzene rings is 1. The molecular weight excluding hydrogens is 283 g/mol. The number of nitrogens with two attached hydrogens (primary N) is 1. The predicted octanol–water partition coefficient (Wildman–Crippen LogP) is 4.09. The Labute approximate surface area is 100 Å². The van der Waals surface area contributed by atoms with Gasteiger partial charge in [-0.1, -0.05) is 34.1 Å². The molecule has 88 valence electrons. The van der Waals surface area contributed by atoms with Crippen LogP contribution < -0.4 is 5.73 Å². The lowest BCUT2D eigenvalue weighted by Gasteiger charge is -2.08. The Balaban J connectivity index is 2.92. The predicted molar refractivity (Wildman–Crippen MR) is 63.3 cm³/mol. The molecule has 0 spiro atoms. The summed E-state index contributed by atoms with van der Waals surface area (Å²) in [7, 11) is 0. The molecule has 0 atom stereocenters. The van der Waals surface area contributed by atoms with Crippen molar-refractivity contribution in [2.75, 3.05) is 11.1 Å². The first-order chi connectivity index (χ1) is 7.45. The van der Waals surface area contributed by atoms with E-state index in [1.165, 1.54) is 6.07 Å². The Bertz CT molecular complexity index is 385. The molecule has 2 N–H and O–H groups in total. The third-order valence-corrected chi connectivity index (χ3v) is 2.45. The van der Waals surface area contributed by atoms with Gasteiger partial charge in [0.2, 0.25) is 0 Å². The van der Waals surface area contributed by atoms with Crippen molar-refractivity contribution in [3.8, 4) is 0 Å². The molecule has 16 heavy (non-hydrogen) atoms. The molecule has 0 saturated carbocycles. The monoisotopic (exact) mass is 293 g/mol. The second-order valence-corrected chi connectivity index (χ2v) is 4.01. The lowest BCUT2D eigenvalue weighted by molar-refractivity contribution is -0.137. The summed E-state index contributed by atoms with van der Waals surface area (Å²) in [6.45, 7) is 0. The van der Waals surface area contributed by atoms with Gasteiger partial charge in [0, 0.05) is 11.0 Å². The Kier molecular flexibility index (Phi) is 4.41. The van der Waals surface area contributed by atoms with Gasteiger partial charge >= 0.3 is 6.18 Å². The van der Waals surface area contributed by atoms with Crippen molar-refractivity contribution < 1.29 is 13.2 Å². The summed E-state index contributed by atoms with van der Waals surface area (Å²) in [5.74, 6) is 0. The molecule has 5 heteroatoms. The van der Waals surface area contributed by atoms with E-state index in [0.29, 0.717) is 5.56 Å². The van der Waals surface area contributed by atoms with Crippen LogP contribution in [-0.2, 0) is 6.18 Å². The number of hydrogen-bond acceptors (Lipinski definition) is 1. The second kappa shape index (κ2) is 5.39. The minimum atomic E-state index is -4.34. The maximum atomic E-state index is 12.3. The number of hydrogen-bond donors (Lipinski definition) is 1. The van der Waals surface area contributed by atoms with E-state index in [1.807, 2.05) is 6.08 Å². The van der Waals surface area contributed by atoms with Gasteiger partial charge in [0.1, 0.15) is 0 Å². The molecule has 1 nitrogen and oxygen atoms in total. The summed E-state index contributed by atoms with van der Waals surface area (Å²) in [6, 6.07) is 3.36. The molecule has 0 aromatic heterocycles. The molecule has 0 fully saturated rings. The van der Waals surface area contributed by atoms with Gasteiger partial charge in [-0.3, -0.25) is 0 Å². The van der Waals surface area contributed by atoms with Crippen molar-refractivity contribution in [1.29, 1.82) is 0 Å². The first kappa shape index (κ1) is 13.1. The van der Waals surface area contributed by atoms with Crippen LogP contribution in [0.1, 0.15) is 17.5 Å². The van der Waals surface area contributed by atoms with Gasteiger partial charge in [-0.15, -0.1) is 0 Å². The molecule has 0 bridgehead atoms. The molecular formula is C11H11BrF3N. The van der Waals surface area contributed by atoms with Crippen LogP contribution >= 0.6 is 15.9 Å². The summed E-state index contributed by atoms with van der Waals surface area (Å²) >= 11 is 3.25. The minimum absolute atomic E-state index is 0.139. The average molecular weight is 294 g/mol. The zero-order valence-corrected chi connectivity index (χ0v) is 9.98. The van der Waals surface area contributed by atoms with Gasteiger partial charge in [-0.25, -0.2) is 0 Å². The fourth-order valence-electron chi connectivity index (χ4n) is 1.18. The van der Waals surface area contributed by atoms with Gasteiger partial charge in [0.15, 0.2) is 0 Å². The molecule has 0 heterocycles. The van der Waals surface area contributed by atoms with Crippen molar-refractivity contribution >= 4 is 27.7 Å². The smallest absolute Gasteiger partial charge is 0.398 e. The van der Waals surface area contributed by atoms with Crippen LogP contribution in [0.25, 0.3) is 6.08 Å². The molecule has 0 aliphatic rings. The van der Waals surface area contributed by atoms with E-state index < -0.39 is 11.7 Å². The fourth-order valence-corrected chi connectivity index (χ4v) is 1.44. The Morgan fingerprint density at radius 2 is 2.00 bits per heavy atom. The highest BCUT2D eigenvalue weighted by atomic mass is 79.9. The SMILES string of the molecule is Nc1cc(C(F)(F)F)ccc1C=CCCBr. The van der Waals surface area contributed by atoms with Crippen LogP contribution in [0, 0.1) is 0 Å². The Morgan fingerprint density at radius 3 is 2.50 bits per heavy atom. The van der Waals surface area contributed by atoms with E-state index in [-0.39, 0.29) is 5.69 Å². The Hall–Kier alpha value is -0.970. The van der Waals surface area contributed by atoms with Crippen LogP contribution in [0.5, 0.6) is 0 Å². The summed E-state index contributed by atoms with van der Waals surface area (Å²) in [5.41, 5.74) is 5.56. The number of rotatable bonds is 3. The fraction of sp³-hybridized carbons (Fsp3) is 0.273. The van der Waals surface area contributed by atoms with E-state index in [1.54, 1.807) is 6.08 Å². The number of halogens is 4. The molecule has 1 rings (SSSR count). The normalized spacial score (nSPS) is 12.2. The first-order valence-corrected chi connectivity index (χ1v) is 5.76. The largest absolute Gasteiger partial charge is 0.416 e. The van der Waals surface area contributed by atoms with E-state index in [4.69, 9.17) is 5.73 Å². The van der Waals surface area contributed by atoms with E-state index in [2.05, 4.69) is 15.9 Å². The molecule has 0 aliphatic heterocycles. The van der Waals surface area contributed by atoms with Crippen molar-refractivity contribution in [1.82, 2.24) is 0 Å². The molecule has 0 radical (unpaired) electrons. The van der Waals surface area contributed by atoms with Crippen molar-refractivity contribution in [3.05, 3.63) is 35.4 Å². The van der Waals surface area contributed by atoms with E-state index in [9.17, 15) is 13.2 Å². The lowest BCUT2D eigenvalue weighted by atomic mass is 10.1. The maximum Gasteiger partial charge on any atom is 0.416 e. The van der Waals surface area contributed by atoms with E-state index in [0.717, 1.165) is 23.9 Å². The zero-order chi connectivity index (χ0) is 12.2. The molecule has 0 amide bonds. The van der Waals surface area contributed by atoms with E-state index >= 15 is 0 Å². The van der Waals surface area contributed by atoms with Crippen LogP contribution in [0.15, 0.2) is 24.3 Å². The summed E-state index contributed by atoms with van der Waals surface area (Å²) < 4.78 is 37.0. The Morgan fingerprint density at radius 1 is 1.31 bits per heavy atom. The highest BCUT2D eigenvalue weighted by Gasteiger charge is 2.30. The third-order valence-electron chi connectivity index (χ3n) is 1.99. The van der Waals surface area contributed by atoms with Crippen molar-refractivity contribution in [2.45, 2.75) is 12.6 Å². The van der Waals surface area contributed by atoms with Gasteiger partial charge in [0.05, 0.1) is 5.56 Å². The molecule has 1 aromatic rings. The number of allylic oxidation sites excluding steroid dienone is 1. The van der Waals surface area contributed by atoms with Crippen LogP contribution in [0.3, 0.4) is 0 Å². The first-order valence-electron chi connectivity index (χ1n) is 4.64. The number of alkyl halides is 4. The van der Waals surface area contributed by atoms with Gasteiger partial charge in [0.25, 0.3) is 0 Å². The van der Waals surface area contributed by atoms with Crippen molar-refractivity contribution in [2.24, 2.45) is 0 Å². The standard InChI is InChI=1S/C11H11BrF3N/c12-6-2-1-3-8-4-5-9(7-10(8)16)11(13,14)15/h1,3-5,7H,2,6,16H2.